The highest BCUT2D eigenvalue weighted by Gasteiger charge is 2.14. The molecule has 1 amide bonds. The van der Waals surface area contributed by atoms with Crippen molar-refractivity contribution in [1.29, 1.82) is 0 Å². The number of aryl methyl sites for hydroxylation is 1. The van der Waals surface area contributed by atoms with Crippen LogP contribution >= 0.6 is 0 Å². The number of carbonyl (C=O) groups excluding carboxylic acids is 2. The largest absolute Gasteiger partial charge is 0.485 e. The van der Waals surface area contributed by atoms with Crippen molar-refractivity contribution < 1.29 is 23.5 Å². The number of rotatable bonds is 7. The molecule has 2 aromatic rings. The van der Waals surface area contributed by atoms with Crippen molar-refractivity contribution in [3.8, 4) is 5.75 Å². The summed E-state index contributed by atoms with van der Waals surface area (Å²) >= 11 is 0. The molecule has 6 heteroatoms. The highest BCUT2D eigenvalue weighted by molar-refractivity contribution is 5.93. The fourth-order valence-corrected chi connectivity index (χ4v) is 2.28. The highest BCUT2D eigenvalue weighted by atomic mass is 16.5. The number of hydrogen-bond acceptors (Lipinski definition) is 5. The van der Waals surface area contributed by atoms with Gasteiger partial charge in [0.25, 0.3) is 5.91 Å². The summed E-state index contributed by atoms with van der Waals surface area (Å²) in [4.78, 5) is 22.9. The van der Waals surface area contributed by atoms with Crippen LogP contribution in [0.25, 0.3) is 0 Å². The molecule has 0 spiro atoms. The van der Waals surface area contributed by atoms with Gasteiger partial charge in [-0.2, -0.15) is 0 Å². The second-order valence-electron chi connectivity index (χ2n) is 6.01. The lowest BCUT2D eigenvalue weighted by Gasteiger charge is -2.14. The predicted octanol–water partition coefficient (Wildman–Crippen LogP) is 3.19. The fraction of sp³-hybridized carbons (Fsp3) is 0.368. The van der Waals surface area contributed by atoms with Gasteiger partial charge in [-0.1, -0.05) is 26.0 Å². The standard InChI is InChI=1S/C19H23NO5/c1-12(2)15-7-5-13(3)9-17(15)24-11-14-6-8-16(25-14)19(22)20-10-18(21)23-4/h5-9,12H,10-11H2,1-4H3,(H,20,22). The highest BCUT2D eigenvalue weighted by Crippen LogP contribution is 2.28. The van der Waals surface area contributed by atoms with Crippen LogP contribution in [0.15, 0.2) is 34.7 Å². The SMILES string of the molecule is COC(=O)CNC(=O)c1ccc(COc2cc(C)ccc2C(C)C)o1. The van der Waals surface area contributed by atoms with Gasteiger partial charge >= 0.3 is 5.97 Å². The summed E-state index contributed by atoms with van der Waals surface area (Å²) in [6, 6.07) is 9.33. The van der Waals surface area contributed by atoms with E-state index in [0.29, 0.717) is 11.7 Å². The molecular formula is C19H23NO5. The average molecular weight is 345 g/mol. The third-order valence-electron chi connectivity index (χ3n) is 3.67. The van der Waals surface area contributed by atoms with Crippen LogP contribution in [0.2, 0.25) is 0 Å². The zero-order valence-electron chi connectivity index (χ0n) is 14.9. The summed E-state index contributed by atoms with van der Waals surface area (Å²) in [6.45, 7) is 6.23. The summed E-state index contributed by atoms with van der Waals surface area (Å²) in [7, 11) is 1.26. The van der Waals surface area contributed by atoms with Gasteiger partial charge in [0.15, 0.2) is 5.76 Å². The number of esters is 1. The first-order valence-electron chi connectivity index (χ1n) is 8.07. The molecule has 0 aliphatic heterocycles. The average Bonchev–Trinajstić information content (AvgIpc) is 3.06. The third-order valence-corrected chi connectivity index (χ3v) is 3.67. The number of furan rings is 1. The number of ether oxygens (including phenoxy) is 2. The molecule has 1 aromatic heterocycles. The van der Waals surface area contributed by atoms with Crippen LogP contribution in [0.4, 0.5) is 0 Å². The zero-order valence-corrected chi connectivity index (χ0v) is 14.9. The second kappa shape index (κ2) is 8.37. The topological polar surface area (TPSA) is 77.8 Å². The first-order valence-corrected chi connectivity index (χ1v) is 8.07. The maximum Gasteiger partial charge on any atom is 0.325 e. The molecular weight excluding hydrogens is 322 g/mol. The number of methoxy groups -OCH3 is 1. The van der Waals surface area contributed by atoms with Crippen molar-refractivity contribution in [2.75, 3.05) is 13.7 Å². The van der Waals surface area contributed by atoms with E-state index in [-0.39, 0.29) is 18.9 Å². The van der Waals surface area contributed by atoms with Crippen LogP contribution in [0, 0.1) is 6.92 Å². The molecule has 1 aromatic carbocycles. The van der Waals surface area contributed by atoms with Gasteiger partial charge in [0, 0.05) is 0 Å². The molecule has 1 N–H and O–H groups in total. The van der Waals surface area contributed by atoms with Crippen molar-refractivity contribution >= 4 is 11.9 Å². The van der Waals surface area contributed by atoms with Gasteiger partial charge in [0.05, 0.1) is 7.11 Å². The van der Waals surface area contributed by atoms with Crippen LogP contribution < -0.4 is 10.1 Å². The van der Waals surface area contributed by atoms with E-state index < -0.39 is 11.9 Å². The van der Waals surface area contributed by atoms with Crippen LogP contribution in [-0.4, -0.2) is 25.5 Å². The van der Waals surface area contributed by atoms with Gasteiger partial charge in [-0.05, 0) is 42.2 Å². The molecule has 25 heavy (non-hydrogen) atoms. The van der Waals surface area contributed by atoms with Gasteiger partial charge < -0.3 is 19.2 Å². The van der Waals surface area contributed by atoms with E-state index >= 15 is 0 Å². The molecule has 0 fully saturated rings. The maximum atomic E-state index is 11.9. The molecule has 1 heterocycles. The Morgan fingerprint density at radius 3 is 2.64 bits per heavy atom. The Morgan fingerprint density at radius 1 is 1.20 bits per heavy atom. The smallest absolute Gasteiger partial charge is 0.325 e. The fourth-order valence-electron chi connectivity index (χ4n) is 2.28. The Kier molecular flexibility index (Phi) is 6.22. The zero-order chi connectivity index (χ0) is 18.4. The Morgan fingerprint density at radius 2 is 1.96 bits per heavy atom. The minimum atomic E-state index is -0.524. The van der Waals surface area contributed by atoms with Crippen LogP contribution in [0.3, 0.4) is 0 Å². The van der Waals surface area contributed by atoms with Crippen LogP contribution in [0.5, 0.6) is 5.75 Å². The van der Waals surface area contributed by atoms with E-state index in [2.05, 4.69) is 36.0 Å². The van der Waals surface area contributed by atoms with Crippen LogP contribution in [-0.2, 0) is 16.1 Å². The number of amides is 1. The van der Waals surface area contributed by atoms with E-state index in [1.54, 1.807) is 12.1 Å². The van der Waals surface area contributed by atoms with Crippen molar-refractivity contribution in [3.05, 3.63) is 53.0 Å². The van der Waals surface area contributed by atoms with Crippen molar-refractivity contribution in [1.82, 2.24) is 5.32 Å². The molecule has 2 rings (SSSR count). The minimum Gasteiger partial charge on any atom is -0.485 e. The van der Waals surface area contributed by atoms with E-state index in [1.807, 2.05) is 13.0 Å². The molecule has 0 unspecified atom stereocenters. The molecule has 0 radical (unpaired) electrons. The number of nitrogens with one attached hydrogen (secondary N) is 1. The summed E-state index contributed by atoms with van der Waals surface area (Å²) < 4.78 is 15.8. The van der Waals surface area contributed by atoms with Gasteiger partial charge in [-0.25, -0.2) is 0 Å². The van der Waals surface area contributed by atoms with Crippen molar-refractivity contribution in [3.63, 3.8) is 0 Å². The summed E-state index contributed by atoms with van der Waals surface area (Å²) in [5.74, 6) is 0.796. The van der Waals surface area contributed by atoms with Crippen molar-refractivity contribution in [2.45, 2.75) is 33.3 Å². The van der Waals surface area contributed by atoms with Crippen molar-refractivity contribution in [2.24, 2.45) is 0 Å². The quantitative estimate of drug-likeness (QED) is 0.780. The molecule has 0 atom stereocenters. The lowest BCUT2D eigenvalue weighted by Crippen LogP contribution is -2.29. The van der Waals surface area contributed by atoms with Gasteiger partial charge in [0.1, 0.15) is 24.7 Å². The number of benzene rings is 1. The molecule has 0 saturated heterocycles. The van der Waals surface area contributed by atoms with Crippen LogP contribution in [0.1, 0.15) is 47.2 Å². The van der Waals surface area contributed by atoms with E-state index in [4.69, 9.17) is 9.15 Å². The molecule has 6 nitrogen and oxygen atoms in total. The number of hydrogen-bond donors (Lipinski definition) is 1. The molecule has 0 aliphatic carbocycles. The number of carbonyl (C=O) groups is 2. The molecule has 0 saturated carbocycles. The van der Waals surface area contributed by atoms with E-state index in [0.717, 1.165) is 16.9 Å². The maximum absolute atomic E-state index is 11.9. The first kappa shape index (κ1) is 18.6. The minimum absolute atomic E-state index is 0.121. The lowest BCUT2D eigenvalue weighted by molar-refractivity contribution is -0.139. The Bertz CT molecular complexity index is 748. The van der Waals surface area contributed by atoms with Gasteiger partial charge in [-0.3, -0.25) is 9.59 Å². The Balaban J connectivity index is 1.99. The summed E-state index contributed by atoms with van der Waals surface area (Å²) in [6.07, 6.45) is 0. The van der Waals surface area contributed by atoms with Gasteiger partial charge in [0.2, 0.25) is 0 Å². The van der Waals surface area contributed by atoms with E-state index in [1.165, 1.54) is 7.11 Å². The summed E-state index contributed by atoms with van der Waals surface area (Å²) in [5, 5.41) is 2.42. The van der Waals surface area contributed by atoms with E-state index in [9.17, 15) is 9.59 Å². The summed E-state index contributed by atoms with van der Waals surface area (Å²) in [5.41, 5.74) is 2.23. The normalized spacial score (nSPS) is 10.6. The first-order chi connectivity index (χ1) is 11.9. The molecule has 0 bridgehead atoms. The second-order valence-corrected chi connectivity index (χ2v) is 6.01. The third kappa shape index (κ3) is 5.11. The molecule has 0 aliphatic rings. The monoisotopic (exact) mass is 345 g/mol. The Hall–Kier alpha value is -2.76. The Labute approximate surface area is 147 Å². The predicted molar refractivity (Wildman–Crippen MR) is 92.7 cm³/mol. The molecule has 134 valence electrons. The van der Waals surface area contributed by atoms with Gasteiger partial charge in [-0.15, -0.1) is 0 Å². The lowest BCUT2D eigenvalue weighted by atomic mass is 10.0.